The molecule has 0 aliphatic heterocycles. The molecule has 0 aromatic carbocycles. The molecule has 1 unspecified atom stereocenters. The molecule has 1 atom stereocenters. The molecule has 1 N–H and O–H groups in total. The van der Waals surface area contributed by atoms with Crippen LogP contribution in [0.3, 0.4) is 0 Å². The Morgan fingerprint density at radius 2 is 2.20 bits per heavy atom. The van der Waals surface area contributed by atoms with E-state index in [0.717, 1.165) is 23.9 Å². The number of thioether (sulfide) groups is 1. The van der Waals surface area contributed by atoms with Gasteiger partial charge in [0.15, 0.2) is 5.16 Å². The van der Waals surface area contributed by atoms with Crippen LogP contribution in [-0.2, 0) is 0 Å². The van der Waals surface area contributed by atoms with Crippen molar-refractivity contribution in [3.8, 4) is 6.07 Å². The van der Waals surface area contributed by atoms with Gasteiger partial charge in [0, 0.05) is 17.7 Å². The van der Waals surface area contributed by atoms with Crippen LogP contribution in [0.2, 0.25) is 0 Å². The second-order valence-electron chi connectivity index (χ2n) is 5.66. The molecule has 20 heavy (non-hydrogen) atoms. The third-order valence-electron chi connectivity index (χ3n) is 3.72. The van der Waals surface area contributed by atoms with Crippen LogP contribution in [0.5, 0.6) is 0 Å². The van der Waals surface area contributed by atoms with Gasteiger partial charge >= 0.3 is 0 Å². The predicted molar refractivity (Wildman–Crippen MR) is 78.7 cm³/mol. The van der Waals surface area contributed by atoms with Crippen LogP contribution in [0.1, 0.15) is 56.8 Å². The largest absolute Gasteiger partial charge is 0.303 e. The minimum Gasteiger partial charge on any atom is -0.303 e. The highest BCUT2D eigenvalue weighted by Gasteiger charge is 2.36. The van der Waals surface area contributed by atoms with Crippen molar-refractivity contribution in [3.63, 3.8) is 0 Å². The first-order valence-electron chi connectivity index (χ1n) is 7.54. The van der Waals surface area contributed by atoms with Crippen molar-refractivity contribution in [3.05, 3.63) is 5.82 Å². The summed E-state index contributed by atoms with van der Waals surface area (Å²) in [6, 6.07) is 2.84. The molecule has 0 bridgehead atoms. The van der Waals surface area contributed by atoms with Crippen LogP contribution in [0.4, 0.5) is 0 Å². The quantitative estimate of drug-likeness (QED) is 0.745. The molecule has 2 aliphatic carbocycles. The Labute approximate surface area is 124 Å². The van der Waals surface area contributed by atoms with Crippen LogP contribution in [0.15, 0.2) is 5.16 Å². The van der Waals surface area contributed by atoms with E-state index in [2.05, 4.69) is 33.1 Å². The van der Waals surface area contributed by atoms with Gasteiger partial charge in [-0.3, -0.25) is 0 Å². The van der Waals surface area contributed by atoms with E-state index in [1.807, 2.05) is 0 Å². The molecular formula is C14H21N5S. The minimum atomic E-state index is -0.103. The van der Waals surface area contributed by atoms with E-state index in [-0.39, 0.29) is 6.04 Å². The Morgan fingerprint density at radius 3 is 2.80 bits per heavy atom. The van der Waals surface area contributed by atoms with Gasteiger partial charge in [0.2, 0.25) is 0 Å². The zero-order chi connectivity index (χ0) is 13.9. The van der Waals surface area contributed by atoms with Crippen molar-refractivity contribution >= 4 is 11.8 Å². The first kappa shape index (κ1) is 13.9. The van der Waals surface area contributed by atoms with E-state index in [0.29, 0.717) is 12.0 Å². The third kappa shape index (κ3) is 3.15. The summed E-state index contributed by atoms with van der Waals surface area (Å²) in [5.41, 5.74) is 0. The summed E-state index contributed by atoms with van der Waals surface area (Å²) in [5.74, 6) is 2.57. The number of rotatable bonds is 8. The third-order valence-corrected chi connectivity index (χ3v) is 4.76. The summed E-state index contributed by atoms with van der Waals surface area (Å²) >= 11 is 1.67. The number of aromatic nitrogens is 3. The topological polar surface area (TPSA) is 66.5 Å². The maximum Gasteiger partial charge on any atom is 0.191 e. The van der Waals surface area contributed by atoms with Gasteiger partial charge in [-0.25, -0.2) is 0 Å². The number of nitriles is 1. The lowest BCUT2D eigenvalue weighted by Gasteiger charge is -2.11. The Kier molecular flexibility index (Phi) is 4.27. The Bertz CT molecular complexity index is 498. The Hall–Kier alpha value is -1.06. The average Bonchev–Trinajstić information content (AvgIpc) is 3.38. The second-order valence-corrected chi connectivity index (χ2v) is 6.65. The number of nitrogens with one attached hydrogen (secondary N) is 1. The molecule has 108 valence electrons. The lowest BCUT2D eigenvalue weighted by Crippen LogP contribution is -2.30. The molecule has 2 saturated carbocycles. The van der Waals surface area contributed by atoms with Crippen LogP contribution in [-0.4, -0.2) is 33.1 Å². The first-order chi connectivity index (χ1) is 9.83. The second kappa shape index (κ2) is 6.15. The van der Waals surface area contributed by atoms with Gasteiger partial charge < -0.3 is 9.88 Å². The van der Waals surface area contributed by atoms with E-state index < -0.39 is 0 Å². The molecule has 1 aromatic heterocycles. The van der Waals surface area contributed by atoms with Crippen LogP contribution in [0.25, 0.3) is 0 Å². The molecule has 0 saturated heterocycles. The Morgan fingerprint density at radius 1 is 1.40 bits per heavy atom. The predicted octanol–water partition coefficient (Wildman–Crippen LogP) is 2.47. The van der Waals surface area contributed by atoms with E-state index >= 15 is 0 Å². The molecule has 2 aliphatic rings. The van der Waals surface area contributed by atoms with Crippen LogP contribution >= 0.6 is 11.8 Å². The van der Waals surface area contributed by atoms with Gasteiger partial charge in [0.1, 0.15) is 11.9 Å². The molecule has 0 spiro atoms. The molecule has 6 heteroatoms. The molecule has 2 fully saturated rings. The van der Waals surface area contributed by atoms with E-state index in [1.54, 1.807) is 11.8 Å². The summed E-state index contributed by atoms with van der Waals surface area (Å²) in [5, 5.41) is 22.2. The van der Waals surface area contributed by atoms with Crippen molar-refractivity contribution in [2.45, 2.75) is 62.2 Å². The van der Waals surface area contributed by atoms with Crippen molar-refractivity contribution in [1.29, 1.82) is 5.26 Å². The first-order valence-corrected chi connectivity index (χ1v) is 8.52. The zero-order valence-electron chi connectivity index (χ0n) is 11.9. The smallest absolute Gasteiger partial charge is 0.191 e. The monoisotopic (exact) mass is 291 g/mol. The molecule has 1 heterocycles. The molecule has 3 rings (SSSR count). The molecule has 0 amide bonds. The van der Waals surface area contributed by atoms with Crippen LogP contribution in [0, 0.1) is 11.3 Å². The standard InChI is InChI=1S/C14H21N5S/c1-2-7-16-11(8-15)9-20-14-18-17-13(10-3-4-10)19(14)12-5-6-12/h10-12,16H,2-7,9H2,1H3. The average molecular weight is 291 g/mol. The maximum atomic E-state index is 9.16. The van der Waals surface area contributed by atoms with Gasteiger partial charge in [-0.15, -0.1) is 10.2 Å². The summed E-state index contributed by atoms with van der Waals surface area (Å²) in [6.07, 6.45) is 6.07. The number of hydrogen-bond donors (Lipinski definition) is 1. The highest BCUT2D eigenvalue weighted by Crippen LogP contribution is 2.45. The van der Waals surface area contributed by atoms with Crippen LogP contribution < -0.4 is 5.32 Å². The summed E-state index contributed by atoms with van der Waals surface area (Å²) in [6.45, 7) is 3.00. The van der Waals surface area contributed by atoms with Gasteiger partial charge in [-0.05, 0) is 38.6 Å². The highest BCUT2D eigenvalue weighted by atomic mass is 32.2. The van der Waals surface area contributed by atoms with E-state index in [1.165, 1.54) is 31.5 Å². The summed E-state index contributed by atoms with van der Waals surface area (Å²) in [4.78, 5) is 0. The normalized spacial score (nSPS) is 19.8. The van der Waals surface area contributed by atoms with Crippen molar-refractivity contribution in [2.24, 2.45) is 0 Å². The lowest BCUT2D eigenvalue weighted by molar-refractivity contribution is 0.620. The maximum absolute atomic E-state index is 9.16. The van der Waals surface area contributed by atoms with Gasteiger partial charge in [-0.1, -0.05) is 18.7 Å². The number of nitrogens with zero attached hydrogens (tertiary/aromatic N) is 4. The fraction of sp³-hybridized carbons (Fsp3) is 0.786. The van der Waals surface area contributed by atoms with Gasteiger partial charge in [-0.2, -0.15) is 5.26 Å². The molecule has 0 radical (unpaired) electrons. The fourth-order valence-corrected chi connectivity index (χ4v) is 3.29. The minimum absolute atomic E-state index is 0.103. The summed E-state index contributed by atoms with van der Waals surface area (Å²) < 4.78 is 2.34. The molecule has 5 nitrogen and oxygen atoms in total. The lowest BCUT2D eigenvalue weighted by atomic mass is 10.3. The number of hydrogen-bond acceptors (Lipinski definition) is 5. The SMILES string of the molecule is CCCNC(C#N)CSc1nnc(C2CC2)n1C1CC1. The molecular weight excluding hydrogens is 270 g/mol. The van der Waals surface area contributed by atoms with Crippen molar-refractivity contribution in [2.75, 3.05) is 12.3 Å². The fourth-order valence-electron chi connectivity index (χ4n) is 2.30. The van der Waals surface area contributed by atoms with E-state index in [4.69, 9.17) is 5.26 Å². The van der Waals surface area contributed by atoms with Crippen molar-refractivity contribution < 1.29 is 0 Å². The van der Waals surface area contributed by atoms with Gasteiger partial charge in [0.05, 0.1) is 6.07 Å². The Balaban J connectivity index is 1.63. The van der Waals surface area contributed by atoms with E-state index in [9.17, 15) is 0 Å². The molecule has 1 aromatic rings. The zero-order valence-corrected chi connectivity index (χ0v) is 12.7. The van der Waals surface area contributed by atoms with Gasteiger partial charge in [0.25, 0.3) is 0 Å². The highest BCUT2D eigenvalue weighted by molar-refractivity contribution is 7.99. The van der Waals surface area contributed by atoms with Crippen molar-refractivity contribution in [1.82, 2.24) is 20.1 Å². The summed E-state index contributed by atoms with van der Waals surface area (Å²) in [7, 11) is 0.